The van der Waals surface area contributed by atoms with Crippen molar-refractivity contribution in [1.82, 2.24) is 15.1 Å². The highest BCUT2D eigenvalue weighted by atomic mass is 35.5. The first-order valence-corrected chi connectivity index (χ1v) is 10.2. The number of hydrogen-bond donors (Lipinski definition) is 1. The van der Waals surface area contributed by atoms with Gasteiger partial charge in [0.1, 0.15) is 11.4 Å². The number of fused-ring (bicyclic) bond motifs is 1. The molecule has 4 rings (SSSR count). The lowest BCUT2D eigenvalue weighted by molar-refractivity contribution is 0.0722. The van der Waals surface area contributed by atoms with Crippen LogP contribution in [0.4, 0.5) is 0 Å². The molecule has 1 atom stereocenters. The first kappa shape index (κ1) is 19.5. The zero-order chi connectivity index (χ0) is 20.5. The van der Waals surface area contributed by atoms with E-state index < -0.39 is 0 Å². The van der Waals surface area contributed by atoms with Gasteiger partial charge < -0.3 is 9.64 Å². The molecule has 1 aliphatic rings. The van der Waals surface area contributed by atoms with E-state index in [4.69, 9.17) is 16.3 Å². The Hall–Kier alpha value is -2.79. The van der Waals surface area contributed by atoms with Crippen LogP contribution in [-0.4, -0.2) is 34.2 Å². The fourth-order valence-corrected chi connectivity index (χ4v) is 3.99. The second kappa shape index (κ2) is 7.91. The number of aromatic nitrogens is 2. The van der Waals surface area contributed by atoms with E-state index in [1.54, 1.807) is 0 Å². The van der Waals surface area contributed by atoms with E-state index in [1.165, 1.54) is 0 Å². The zero-order valence-electron chi connectivity index (χ0n) is 16.8. The number of rotatable bonds is 6. The normalized spacial score (nSPS) is 15.8. The standard InChI is InChI=1S/C23H24ClN3O2/c1-4-29-18-11-7-16(8-12-18)22-19-20(15-5-9-17(24)10-6-15)25-26-21(19)23(28)27(22)13-14(2)3/h5-12,14,22H,4,13H2,1-3H3,(H,25,26). The number of H-pyrrole nitrogens is 1. The molecule has 0 radical (unpaired) electrons. The van der Waals surface area contributed by atoms with Gasteiger partial charge in [-0.25, -0.2) is 0 Å². The summed E-state index contributed by atoms with van der Waals surface area (Å²) in [4.78, 5) is 15.1. The maximum atomic E-state index is 13.2. The average molecular weight is 410 g/mol. The van der Waals surface area contributed by atoms with Crippen LogP contribution in [0.2, 0.25) is 5.02 Å². The quantitative estimate of drug-likeness (QED) is 0.598. The summed E-state index contributed by atoms with van der Waals surface area (Å²) in [6.07, 6.45) is 0. The zero-order valence-corrected chi connectivity index (χ0v) is 17.5. The summed E-state index contributed by atoms with van der Waals surface area (Å²) in [5, 5.41) is 8.14. The van der Waals surface area contributed by atoms with Gasteiger partial charge in [-0.05, 0) is 42.7 Å². The maximum absolute atomic E-state index is 13.2. The molecule has 29 heavy (non-hydrogen) atoms. The van der Waals surface area contributed by atoms with Gasteiger partial charge in [0.25, 0.3) is 5.91 Å². The van der Waals surface area contributed by atoms with Crippen molar-refractivity contribution in [1.29, 1.82) is 0 Å². The number of nitrogens with zero attached hydrogens (tertiary/aromatic N) is 2. The molecular weight excluding hydrogens is 386 g/mol. The summed E-state index contributed by atoms with van der Waals surface area (Å²) in [7, 11) is 0. The maximum Gasteiger partial charge on any atom is 0.273 e. The minimum atomic E-state index is -0.194. The second-order valence-corrected chi connectivity index (χ2v) is 8.06. The molecule has 1 unspecified atom stereocenters. The SMILES string of the molecule is CCOc1ccc(C2c3c(-c4ccc(Cl)cc4)n[nH]c3C(=O)N2CC(C)C)cc1. The molecule has 1 aromatic heterocycles. The smallest absolute Gasteiger partial charge is 0.273 e. The van der Waals surface area contributed by atoms with Crippen molar-refractivity contribution >= 4 is 17.5 Å². The molecule has 5 nitrogen and oxygen atoms in total. The van der Waals surface area contributed by atoms with E-state index in [9.17, 15) is 4.79 Å². The second-order valence-electron chi connectivity index (χ2n) is 7.62. The fourth-order valence-electron chi connectivity index (χ4n) is 3.87. The molecule has 0 saturated carbocycles. The molecule has 150 valence electrons. The lowest BCUT2D eigenvalue weighted by Crippen LogP contribution is -2.32. The molecule has 3 aromatic rings. The Kier molecular flexibility index (Phi) is 5.33. The third-order valence-electron chi connectivity index (χ3n) is 5.05. The summed E-state index contributed by atoms with van der Waals surface area (Å²) in [5.41, 5.74) is 4.24. The van der Waals surface area contributed by atoms with Crippen LogP contribution in [0.5, 0.6) is 5.75 Å². The molecule has 6 heteroatoms. The van der Waals surface area contributed by atoms with Crippen molar-refractivity contribution < 1.29 is 9.53 Å². The van der Waals surface area contributed by atoms with Crippen molar-refractivity contribution in [3.05, 3.63) is 70.4 Å². The number of hydrogen-bond acceptors (Lipinski definition) is 3. The molecule has 0 spiro atoms. The largest absolute Gasteiger partial charge is 0.494 e. The Morgan fingerprint density at radius 3 is 2.45 bits per heavy atom. The molecule has 1 aliphatic heterocycles. The lowest BCUT2D eigenvalue weighted by atomic mass is 9.95. The number of carbonyl (C=O) groups is 1. The number of aromatic amines is 1. The Balaban J connectivity index is 1.82. The third-order valence-corrected chi connectivity index (χ3v) is 5.30. The van der Waals surface area contributed by atoms with Gasteiger partial charge in [-0.3, -0.25) is 9.89 Å². The Labute approximate surface area is 175 Å². The molecule has 2 heterocycles. The summed E-state index contributed by atoms with van der Waals surface area (Å²) < 4.78 is 5.58. The number of halogens is 1. The van der Waals surface area contributed by atoms with Crippen LogP contribution in [0.1, 0.15) is 48.4 Å². The molecule has 0 bridgehead atoms. The van der Waals surface area contributed by atoms with Crippen molar-refractivity contribution in [2.45, 2.75) is 26.8 Å². The van der Waals surface area contributed by atoms with Gasteiger partial charge in [-0.1, -0.05) is 49.7 Å². The van der Waals surface area contributed by atoms with Crippen molar-refractivity contribution in [2.75, 3.05) is 13.2 Å². The van der Waals surface area contributed by atoms with Gasteiger partial charge in [0, 0.05) is 22.7 Å². The fraction of sp³-hybridized carbons (Fsp3) is 0.304. The number of ether oxygens (including phenoxy) is 1. The highest BCUT2D eigenvalue weighted by Crippen LogP contribution is 2.43. The minimum Gasteiger partial charge on any atom is -0.494 e. The van der Waals surface area contributed by atoms with Crippen molar-refractivity contribution in [3.8, 4) is 17.0 Å². The predicted octanol–water partition coefficient (Wildman–Crippen LogP) is 5.33. The summed E-state index contributed by atoms with van der Waals surface area (Å²) in [6.45, 7) is 7.48. The number of amides is 1. The van der Waals surface area contributed by atoms with Gasteiger partial charge in [0.05, 0.1) is 18.3 Å². The Morgan fingerprint density at radius 1 is 1.14 bits per heavy atom. The lowest BCUT2D eigenvalue weighted by Gasteiger charge is -2.28. The molecule has 2 aromatic carbocycles. The van der Waals surface area contributed by atoms with Crippen LogP contribution in [0, 0.1) is 5.92 Å². The van der Waals surface area contributed by atoms with Gasteiger partial charge in [0.15, 0.2) is 0 Å². The van der Waals surface area contributed by atoms with Gasteiger partial charge >= 0.3 is 0 Å². The van der Waals surface area contributed by atoms with E-state index in [-0.39, 0.29) is 11.9 Å². The topological polar surface area (TPSA) is 58.2 Å². The average Bonchev–Trinajstić information content (AvgIpc) is 3.23. The summed E-state index contributed by atoms with van der Waals surface area (Å²) in [6, 6.07) is 15.3. The van der Waals surface area contributed by atoms with Crippen LogP contribution in [0.3, 0.4) is 0 Å². The van der Waals surface area contributed by atoms with E-state index >= 15 is 0 Å². The van der Waals surface area contributed by atoms with E-state index in [1.807, 2.05) is 60.4 Å². The van der Waals surface area contributed by atoms with E-state index in [2.05, 4.69) is 24.0 Å². The highest BCUT2D eigenvalue weighted by molar-refractivity contribution is 6.30. The van der Waals surface area contributed by atoms with E-state index in [0.29, 0.717) is 29.8 Å². The molecular formula is C23H24ClN3O2. The number of benzene rings is 2. The Morgan fingerprint density at radius 2 is 1.83 bits per heavy atom. The summed E-state index contributed by atoms with van der Waals surface area (Å²) in [5.74, 6) is 1.15. The summed E-state index contributed by atoms with van der Waals surface area (Å²) >= 11 is 6.06. The van der Waals surface area contributed by atoms with Gasteiger partial charge in [-0.2, -0.15) is 5.10 Å². The minimum absolute atomic E-state index is 0.0136. The van der Waals surface area contributed by atoms with E-state index in [0.717, 1.165) is 28.1 Å². The number of nitrogens with one attached hydrogen (secondary N) is 1. The van der Waals surface area contributed by atoms with Crippen molar-refractivity contribution in [3.63, 3.8) is 0 Å². The molecule has 1 N–H and O–H groups in total. The first-order chi connectivity index (χ1) is 14.0. The molecule has 0 saturated heterocycles. The van der Waals surface area contributed by atoms with Crippen LogP contribution < -0.4 is 4.74 Å². The monoisotopic (exact) mass is 409 g/mol. The molecule has 0 fully saturated rings. The van der Waals surface area contributed by atoms with Crippen molar-refractivity contribution in [2.24, 2.45) is 5.92 Å². The van der Waals surface area contributed by atoms with Crippen LogP contribution >= 0.6 is 11.6 Å². The van der Waals surface area contributed by atoms with Crippen LogP contribution in [0.15, 0.2) is 48.5 Å². The van der Waals surface area contributed by atoms with Gasteiger partial charge in [-0.15, -0.1) is 0 Å². The van der Waals surface area contributed by atoms with Crippen LogP contribution in [-0.2, 0) is 0 Å². The van der Waals surface area contributed by atoms with Crippen LogP contribution in [0.25, 0.3) is 11.3 Å². The molecule has 0 aliphatic carbocycles. The predicted molar refractivity (Wildman–Crippen MR) is 114 cm³/mol. The number of carbonyl (C=O) groups excluding carboxylic acids is 1. The van der Waals surface area contributed by atoms with Gasteiger partial charge in [0.2, 0.25) is 0 Å². The molecule has 1 amide bonds. The highest BCUT2D eigenvalue weighted by Gasteiger charge is 2.42. The Bertz CT molecular complexity index is 1010. The first-order valence-electron chi connectivity index (χ1n) is 9.87. The third kappa shape index (κ3) is 3.62.